The summed E-state index contributed by atoms with van der Waals surface area (Å²) < 4.78 is 26.8. The summed E-state index contributed by atoms with van der Waals surface area (Å²) in [5.41, 5.74) is 0.987. The molecule has 3 rings (SSSR count). The maximum Gasteiger partial charge on any atom is 0.227 e. The van der Waals surface area contributed by atoms with Crippen LogP contribution in [-0.2, 0) is 16.0 Å². The second-order valence-corrected chi connectivity index (χ2v) is 6.54. The van der Waals surface area contributed by atoms with Gasteiger partial charge in [0, 0.05) is 25.2 Å². The zero-order valence-corrected chi connectivity index (χ0v) is 14.6. The Balaban J connectivity index is 1.57. The van der Waals surface area contributed by atoms with Crippen molar-refractivity contribution in [2.45, 2.75) is 12.8 Å². The normalized spacial score (nSPS) is 16.8. The molecule has 1 atom stereocenters. The maximum absolute atomic E-state index is 13.6. The summed E-state index contributed by atoms with van der Waals surface area (Å²) in [5, 5.41) is 2.67. The summed E-state index contributed by atoms with van der Waals surface area (Å²) in [6, 6.07) is 10.4. The number of nitrogens with one attached hydrogen (secondary N) is 1. The fourth-order valence-corrected chi connectivity index (χ4v) is 3.13. The molecule has 0 bridgehead atoms. The minimum Gasteiger partial charge on any atom is -0.355 e. The summed E-state index contributed by atoms with van der Waals surface area (Å²) >= 11 is 5.76. The Kier molecular flexibility index (Phi) is 5.52. The number of carbonyl (C=O) groups is 2. The van der Waals surface area contributed by atoms with Crippen LogP contribution in [0.15, 0.2) is 42.5 Å². The Bertz CT molecular complexity index is 844. The van der Waals surface area contributed by atoms with Gasteiger partial charge in [-0.25, -0.2) is 8.78 Å². The molecule has 2 aromatic carbocycles. The van der Waals surface area contributed by atoms with Crippen molar-refractivity contribution in [3.8, 4) is 0 Å². The number of halogens is 3. The molecule has 0 aromatic heterocycles. The largest absolute Gasteiger partial charge is 0.355 e. The van der Waals surface area contributed by atoms with Crippen LogP contribution in [0.1, 0.15) is 12.0 Å². The van der Waals surface area contributed by atoms with E-state index in [2.05, 4.69) is 5.32 Å². The average Bonchev–Trinajstić information content (AvgIpc) is 3.01. The van der Waals surface area contributed by atoms with Gasteiger partial charge in [0.05, 0.1) is 10.9 Å². The lowest BCUT2D eigenvalue weighted by molar-refractivity contribution is -0.126. The molecule has 4 nitrogen and oxygen atoms in total. The third kappa shape index (κ3) is 4.02. The van der Waals surface area contributed by atoms with Crippen molar-refractivity contribution in [3.05, 3.63) is 64.7 Å². The molecule has 0 radical (unpaired) electrons. The number of benzene rings is 2. The molecule has 1 fully saturated rings. The number of amides is 2. The topological polar surface area (TPSA) is 49.4 Å². The van der Waals surface area contributed by atoms with Crippen molar-refractivity contribution in [1.29, 1.82) is 0 Å². The molecule has 2 aromatic rings. The Labute approximate surface area is 154 Å². The van der Waals surface area contributed by atoms with Crippen LogP contribution < -0.4 is 10.2 Å². The third-order valence-corrected chi connectivity index (χ3v) is 4.65. The molecule has 1 unspecified atom stereocenters. The van der Waals surface area contributed by atoms with E-state index >= 15 is 0 Å². The number of hydrogen-bond acceptors (Lipinski definition) is 2. The second kappa shape index (κ2) is 7.83. The molecule has 2 amide bonds. The number of carbonyl (C=O) groups excluding carboxylic acids is 2. The van der Waals surface area contributed by atoms with E-state index in [4.69, 9.17) is 11.6 Å². The molecule has 1 N–H and O–H groups in total. The van der Waals surface area contributed by atoms with Gasteiger partial charge in [-0.3, -0.25) is 9.59 Å². The fourth-order valence-electron chi connectivity index (χ4n) is 2.95. The first kappa shape index (κ1) is 18.3. The third-order valence-electron chi connectivity index (χ3n) is 4.36. The minimum atomic E-state index is -0.565. The van der Waals surface area contributed by atoms with E-state index < -0.39 is 11.7 Å². The second-order valence-electron chi connectivity index (χ2n) is 6.14. The van der Waals surface area contributed by atoms with Gasteiger partial charge in [0.25, 0.3) is 0 Å². The Hall–Kier alpha value is -2.47. The predicted octanol–water partition coefficient (Wildman–Crippen LogP) is 3.33. The van der Waals surface area contributed by atoms with Crippen molar-refractivity contribution in [3.63, 3.8) is 0 Å². The predicted molar refractivity (Wildman–Crippen MR) is 95.0 cm³/mol. The number of nitrogens with zero attached hydrogens (tertiary/aromatic N) is 1. The van der Waals surface area contributed by atoms with E-state index in [0.29, 0.717) is 17.7 Å². The van der Waals surface area contributed by atoms with E-state index in [-0.39, 0.29) is 42.2 Å². The summed E-state index contributed by atoms with van der Waals surface area (Å²) in [5.74, 6) is -1.86. The quantitative estimate of drug-likeness (QED) is 0.867. The van der Waals surface area contributed by atoms with Crippen LogP contribution in [0, 0.1) is 17.6 Å². The van der Waals surface area contributed by atoms with E-state index in [1.54, 1.807) is 18.2 Å². The Morgan fingerprint density at radius 1 is 1.19 bits per heavy atom. The van der Waals surface area contributed by atoms with E-state index in [1.165, 1.54) is 29.2 Å². The molecule has 1 aliphatic heterocycles. The summed E-state index contributed by atoms with van der Waals surface area (Å²) in [7, 11) is 0. The van der Waals surface area contributed by atoms with Gasteiger partial charge in [-0.1, -0.05) is 29.8 Å². The molecule has 0 saturated carbocycles. The first-order valence-electron chi connectivity index (χ1n) is 8.22. The van der Waals surface area contributed by atoms with Crippen LogP contribution in [0.4, 0.5) is 14.5 Å². The highest BCUT2D eigenvalue weighted by molar-refractivity contribution is 6.31. The monoisotopic (exact) mass is 378 g/mol. The SMILES string of the molecule is O=C(NCCc1ccccc1F)C1CC(=O)N(c2ccc(F)c(Cl)c2)C1. The van der Waals surface area contributed by atoms with Gasteiger partial charge in [-0.15, -0.1) is 0 Å². The highest BCUT2D eigenvalue weighted by Gasteiger charge is 2.35. The number of hydrogen-bond donors (Lipinski definition) is 1. The highest BCUT2D eigenvalue weighted by Crippen LogP contribution is 2.28. The van der Waals surface area contributed by atoms with Gasteiger partial charge < -0.3 is 10.2 Å². The molecule has 7 heteroatoms. The van der Waals surface area contributed by atoms with Crippen LogP contribution in [-0.4, -0.2) is 24.9 Å². The molecular weight excluding hydrogens is 362 g/mol. The summed E-state index contributed by atoms with van der Waals surface area (Å²) in [6.45, 7) is 0.485. The number of anilines is 1. The van der Waals surface area contributed by atoms with Crippen LogP contribution >= 0.6 is 11.6 Å². The highest BCUT2D eigenvalue weighted by atomic mass is 35.5. The van der Waals surface area contributed by atoms with E-state index in [1.807, 2.05) is 0 Å². The molecule has 136 valence electrons. The summed E-state index contributed by atoms with van der Waals surface area (Å²) in [6.07, 6.45) is 0.441. The van der Waals surface area contributed by atoms with Crippen molar-refractivity contribution >= 4 is 29.1 Å². The lowest BCUT2D eigenvalue weighted by Crippen LogP contribution is -2.34. The summed E-state index contributed by atoms with van der Waals surface area (Å²) in [4.78, 5) is 25.9. The molecule has 0 spiro atoms. The van der Waals surface area contributed by atoms with Crippen LogP contribution in [0.3, 0.4) is 0 Å². The molecule has 1 aliphatic rings. The van der Waals surface area contributed by atoms with Crippen LogP contribution in [0.25, 0.3) is 0 Å². The first-order valence-corrected chi connectivity index (χ1v) is 8.60. The Morgan fingerprint density at radius 2 is 1.96 bits per heavy atom. The van der Waals surface area contributed by atoms with Crippen molar-refractivity contribution in [2.24, 2.45) is 5.92 Å². The van der Waals surface area contributed by atoms with Crippen LogP contribution in [0.5, 0.6) is 0 Å². The first-order chi connectivity index (χ1) is 12.5. The van der Waals surface area contributed by atoms with Crippen molar-refractivity contribution in [2.75, 3.05) is 18.0 Å². The van der Waals surface area contributed by atoms with Gasteiger partial charge >= 0.3 is 0 Å². The molecule has 1 heterocycles. The molecular formula is C19H17ClF2N2O2. The standard InChI is InChI=1S/C19H17ClF2N2O2/c20-15-10-14(5-6-17(15)22)24-11-13(9-18(24)25)19(26)23-8-7-12-3-1-2-4-16(12)21/h1-6,10,13H,7-9,11H2,(H,23,26). The fraction of sp³-hybridized carbons (Fsp3) is 0.263. The average molecular weight is 379 g/mol. The lowest BCUT2D eigenvalue weighted by atomic mass is 10.1. The van der Waals surface area contributed by atoms with Gasteiger partial charge in [0.15, 0.2) is 0 Å². The van der Waals surface area contributed by atoms with Gasteiger partial charge in [0.2, 0.25) is 11.8 Å². The zero-order chi connectivity index (χ0) is 18.7. The molecule has 0 aliphatic carbocycles. The Morgan fingerprint density at radius 3 is 2.69 bits per heavy atom. The lowest BCUT2D eigenvalue weighted by Gasteiger charge is -2.17. The van der Waals surface area contributed by atoms with Crippen molar-refractivity contribution in [1.82, 2.24) is 5.32 Å². The van der Waals surface area contributed by atoms with Gasteiger partial charge in [0.1, 0.15) is 11.6 Å². The van der Waals surface area contributed by atoms with Gasteiger partial charge in [-0.05, 0) is 36.2 Å². The minimum absolute atomic E-state index is 0.0700. The van der Waals surface area contributed by atoms with E-state index in [0.717, 1.165) is 0 Å². The van der Waals surface area contributed by atoms with Crippen molar-refractivity contribution < 1.29 is 18.4 Å². The van der Waals surface area contributed by atoms with Crippen LogP contribution in [0.2, 0.25) is 5.02 Å². The zero-order valence-electron chi connectivity index (χ0n) is 13.8. The van der Waals surface area contributed by atoms with Gasteiger partial charge in [-0.2, -0.15) is 0 Å². The van der Waals surface area contributed by atoms with E-state index in [9.17, 15) is 18.4 Å². The molecule has 1 saturated heterocycles. The maximum atomic E-state index is 13.6. The molecule has 26 heavy (non-hydrogen) atoms. The number of rotatable bonds is 5. The smallest absolute Gasteiger partial charge is 0.227 e.